The Labute approximate surface area is 137 Å². The molecular weight excluding hydrogens is 316 g/mol. The fourth-order valence-electron chi connectivity index (χ4n) is 2.08. The Bertz CT molecular complexity index is 718. The summed E-state index contributed by atoms with van der Waals surface area (Å²) in [6.07, 6.45) is 0. The number of amides is 1. The number of fused-ring (bicyclic) bond motifs is 1. The van der Waals surface area contributed by atoms with Gasteiger partial charge in [-0.25, -0.2) is 9.97 Å². The quantitative estimate of drug-likeness (QED) is 0.651. The molecule has 23 heavy (non-hydrogen) atoms. The molecule has 3 N–H and O–H groups in total. The number of thioether (sulfide) groups is 1. The smallest absolute Gasteiger partial charge is 0.234 e. The fourth-order valence-corrected chi connectivity index (χ4v) is 2.79. The first-order chi connectivity index (χ1) is 11.1. The molecule has 1 aliphatic heterocycles. The molecule has 8 heteroatoms. The highest BCUT2D eigenvalue weighted by atomic mass is 32.2. The minimum atomic E-state index is -0.157. The third kappa shape index (κ3) is 4.04. The van der Waals surface area contributed by atoms with Crippen LogP contribution in [-0.4, -0.2) is 34.8 Å². The molecule has 2 heterocycles. The van der Waals surface area contributed by atoms with Crippen LogP contribution in [0.25, 0.3) is 0 Å². The Morgan fingerprint density at radius 1 is 1.26 bits per heavy atom. The van der Waals surface area contributed by atoms with Crippen LogP contribution in [0.15, 0.2) is 29.4 Å². The molecule has 0 saturated heterocycles. The number of aryl methyl sites for hydroxylation is 1. The summed E-state index contributed by atoms with van der Waals surface area (Å²) in [5.74, 6) is 1.75. The van der Waals surface area contributed by atoms with Gasteiger partial charge in [0.1, 0.15) is 19.0 Å². The second-order valence-corrected chi connectivity index (χ2v) is 5.85. The third-order valence-corrected chi connectivity index (χ3v) is 3.86. The average Bonchev–Trinajstić information content (AvgIpc) is 2.52. The highest BCUT2D eigenvalue weighted by Crippen LogP contribution is 2.32. The van der Waals surface area contributed by atoms with Crippen LogP contribution in [0.5, 0.6) is 11.5 Å². The summed E-state index contributed by atoms with van der Waals surface area (Å²) in [6, 6.07) is 6.98. The topological polar surface area (TPSA) is 99.4 Å². The number of hydrogen-bond acceptors (Lipinski definition) is 7. The molecule has 1 aliphatic rings. The maximum Gasteiger partial charge on any atom is 0.234 e. The lowest BCUT2D eigenvalue weighted by atomic mass is 10.2. The van der Waals surface area contributed by atoms with Gasteiger partial charge in [-0.1, -0.05) is 11.8 Å². The zero-order valence-electron chi connectivity index (χ0n) is 12.5. The molecule has 0 atom stereocenters. The van der Waals surface area contributed by atoms with Crippen molar-refractivity contribution in [3.05, 3.63) is 30.0 Å². The van der Waals surface area contributed by atoms with Crippen LogP contribution in [-0.2, 0) is 4.79 Å². The number of nitrogen functional groups attached to an aromatic ring is 1. The van der Waals surface area contributed by atoms with Crippen molar-refractivity contribution in [3.63, 3.8) is 0 Å². The van der Waals surface area contributed by atoms with Crippen molar-refractivity contribution in [2.45, 2.75) is 12.1 Å². The number of nitrogens with one attached hydrogen (secondary N) is 1. The molecule has 120 valence electrons. The van der Waals surface area contributed by atoms with Crippen LogP contribution in [0.2, 0.25) is 0 Å². The Kier molecular flexibility index (Phi) is 4.52. The number of nitrogens with zero attached hydrogens (tertiary/aromatic N) is 2. The van der Waals surface area contributed by atoms with Gasteiger partial charge in [-0.05, 0) is 19.1 Å². The molecule has 0 saturated carbocycles. The molecule has 0 bridgehead atoms. The molecular formula is C15H16N4O3S. The molecule has 2 aromatic rings. The highest BCUT2D eigenvalue weighted by molar-refractivity contribution is 7.99. The van der Waals surface area contributed by atoms with Gasteiger partial charge in [0.05, 0.1) is 5.75 Å². The Hall–Kier alpha value is -2.48. The number of benzene rings is 1. The van der Waals surface area contributed by atoms with Gasteiger partial charge >= 0.3 is 0 Å². The molecule has 1 aromatic carbocycles. The first-order valence-electron chi connectivity index (χ1n) is 7.03. The average molecular weight is 332 g/mol. The van der Waals surface area contributed by atoms with Gasteiger partial charge in [0, 0.05) is 23.5 Å². The number of anilines is 2. The highest BCUT2D eigenvalue weighted by Gasteiger charge is 2.13. The van der Waals surface area contributed by atoms with Gasteiger partial charge in [0.2, 0.25) is 5.91 Å². The minimum Gasteiger partial charge on any atom is -0.486 e. The summed E-state index contributed by atoms with van der Waals surface area (Å²) in [4.78, 5) is 20.3. The standard InChI is InChI=1S/C15H16N4O3S/c1-9-6-13(16)19-15(17-9)23-8-14(20)18-10-2-3-11-12(7-10)22-5-4-21-11/h2-3,6-7H,4-5,8H2,1H3,(H,18,20)(H2,16,17,19). The Balaban J connectivity index is 1.59. The lowest BCUT2D eigenvalue weighted by Gasteiger charge is -2.18. The maximum absolute atomic E-state index is 12.0. The van der Waals surface area contributed by atoms with Crippen LogP contribution >= 0.6 is 11.8 Å². The lowest BCUT2D eigenvalue weighted by Crippen LogP contribution is -2.17. The van der Waals surface area contributed by atoms with E-state index in [0.29, 0.717) is 41.4 Å². The summed E-state index contributed by atoms with van der Waals surface area (Å²) >= 11 is 1.23. The van der Waals surface area contributed by atoms with E-state index in [4.69, 9.17) is 15.2 Å². The van der Waals surface area contributed by atoms with Gasteiger partial charge in [0.25, 0.3) is 0 Å². The number of hydrogen-bond donors (Lipinski definition) is 2. The van der Waals surface area contributed by atoms with Gasteiger partial charge in [0.15, 0.2) is 16.7 Å². The van der Waals surface area contributed by atoms with Crippen LogP contribution in [0.4, 0.5) is 11.5 Å². The van der Waals surface area contributed by atoms with Crippen LogP contribution < -0.4 is 20.5 Å². The van der Waals surface area contributed by atoms with Crippen LogP contribution in [0, 0.1) is 6.92 Å². The van der Waals surface area contributed by atoms with Crippen LogP contribution in [0.3, 0.4) is 0 Å². The molecule has 0 aliphatic carbocycles. The van der Waals surface area contributed by atoms with E-state index < -0.39 is 0 Å². The van der Waals surface area contributed by atoms with E-state index in [9.17, 15) is 4.79 Å². The maximum atomic E-state index is 12.0. The molecule has 0 unspecified atom stereocenters. The molecule has 7 nitrogen and oxygen atoms in total. The predicted octanol–water partition coefficient (Wildman–Crippen LogP) is 1.87. The molecule has 1 aromatic heterocycles. The summed E-state index contributed by atoms with van der Waals surface area (Å²) in [6.45, 7) is 2.87. The van der Waals surface area contributed by atoms with Crippen molar-refractivity contribution >= 4 is 29.2 Å². The zero-order chi connectivity index (χ0) is 16.2. The number of aromatic nitrogens is 2. The van der Waals surface area contributed by atoms with Gasteiger partial charge < -0.3 is 20.5 Å². The van der Waals surface area contributed by atoms with E-state index in [1.54, 1.807) is 24.3 Å². The Morgan fingerprint density at radius 2 is 2.04 bits per heavy atom. The number of rotatable bonds is 4. The summed E-state index contributed by atoms with van der Waals surface area (Å²) < 4.78 is 10.9. The van der Waals surface area contributed by atoms with E-state index in [2.05, 4.69) is 15.3 Å². The van der Waals surface area contributed by atoms with Crippen molar-refractivity contribution < 1.29 is 14.3 Å². The number of ether oxygens (including phenoxy) is 2. The van der Waals surface area contributed by atoms with Crippen LogP contribution in [0.1, 0.15) is 5.69 Å². The van der Waals surface area contributed by atoms with Gasteiger partial charge in [-0.2, -0.15) is 0 Å². The first-order valence-corrected chi connectivity index (χ1v) is 8.02. The van der Waals surface area contributed by atoms with E-state index >= 15 is 0 Å². The number of nitrogens with two attached hydrogens (primary N) is 1. The van der Waals surface area contributed by atoms with Crippen molar-refractivity contribution in [3.8, 4) is 11.5 Å². The minimum absolute atomic E-state index is 0.157. The molecule has 0 spiro atoms. The summed E-state index contributed by atoms with van der Waals surface area (Å²) in [7, 11) is 0. The molecule has 1 amide bonds. The Morgan fingerprint density at radius 3 is 2.83 bits per heavy atom. The van der Waals surface area contributed by atoms with E-state index in [0.717, 1.165) is 5.69 Å². The zero-order valence-corrected chi connectivity index (χ0v) is 13.4. The first kappa shape index (κ1) is 15.4. The van der Waals surface area contributed by atoms with Crippen molar-refractivity contribution in [1.82, 2.24) is 9.97 Å². The third-order valence-electron chi connectivity index (χ3n) is 3.01. The molecule has 0 fully saturated rings. The fraction of sp³-hybridized carbons (Fsp3) is 0.267. The van der Waals surface area contributed by atoms with Crippen molar-refractivity contribution in [2.75, 3.05) is 30.0 Å². The summed E-state index contributed by atoms with van der Waals surface area (Å²) in [5, 5.41) is 3.30. The lowest BCUT2D eigenvalue weighted by molar-refractivity contribution is -0.113. The summed E-state index contributed by atoms with van der Waals surface area (Å²) in [5.41, 5.74) is 7.09. The predicted molar refractivity (Wildman–Crippen MR) is 88.0 cm³/mol. The second kappa shape index (κ2) is 6.74. The number of carbonyl (C=O) groups excluding carboxylic acids is 1. The van der Waals surface area contributed by atoms with E-state index in [-0.39, 0.29) is 11.7 Å². The van der Waals surface area contributed by atoms with Crippen molar-refractivity contribution in [2.24, 2.45) is 0 Å². The van der Waals surface area contributed by atoms with Gasteiger partial charge in [-0.3, -0.25) is 4.79 Å². The van der Waals surface area contributed by atoms with Gasteiger partial charge in [-0.15, -0.1) is 0 Å². The second-order valence-electron chi connectivity index (χ2n) is 4.91. The normalized spacial score (nSPS) is 12.7. The number of carbonyl (C=O) groups is 1. The van der Waals surface area contributed by atoms with E-state index in [1.165, 1.54) is 11.8 Å². The van der Waals surface area contributed by atoms with E-state index in [1.807, 2.05) is 6.92 Å². The molecule has 3 rings (SSSR count). The van der Waals surface area contributed by atoms with Crippen molar-refractivity contribution in [1.29, 1.82) is 0 Å². The monoisotopic (exact) mass is 332 g/mol. The SMILES string of the molecule is Cc1cc(N)nc(SCC(=O)Nc2ccc3c(c2)OCCO3)n1. The molecule has 0 radical (unpaired) electrons. The largest absolute Gasteiger partial charge is 0.486 e.